The third-order valence-electron chi connectivity index (χ3n) is 6.29. The molecule has 0 heterocycles. The fraction of sp³-hybridized carbons (Fsp3) is 0.920. The van der Waals surface area contributed by atoms with Crippen molar-refractivity contribution in [3.05, 3.63) is 0 Å². The van der Waals surface area contributed by atoms with Crippen molar-refractivity contribution in [3.63, 3.8) is 0 Å². The molecule has 1 aliphatic carbocycles. The minimum absolute atomic E-state index is 0.0509. The average molecular weight is 440 g/mol. The summed E-state index contributed by atoms with van der Waals surface area (Å²) in [5.74, 6) is 0.788. The molecule has 6 nitrogen and oxygen atoms in total. The van der Waals surface area contributed by atoms with Gasteiger partial charge >= 0.3 is 0 Å². The molecule has 1 aliphatic rings. The van der Waals surface area contributed by atoms with Gasteiger partial charge < -0.3 is 21.1 Å². The van der Waals surface area contributed by atoms with E-state index >= 15 is 0 Å². The third kappa shape index (κ3) is 13.8. The number of amides is 2. The monoisotopic (exact) mass is 439 g/mol. The summed E-state index contributed by atoms with van der Waals surface area (Å²) < 4.78 is 5.54. The summed E-state index contributed by atoms with van der Waals surface area (Å²) in [6.07, 6.45) is 13.8. The first-order valence-electron chi connectivity index (χ1n) is 12.8. The third-order valence-corrected chi connectivity index (χ3v) is 6.29. The van der Waals surface area contributed by atoms with E-state index in [0.717, 1.165) is 57.9 Å². The fourth-order valence-electron chi connectivity index (χ4n) is 4.18. The molecule has 0 bridgehead atoms. The van der Waals surface area contributed by atoms with Gasteiger partial charge in [-0.1, -0.05) is 45.4 Å². The molecular weight excluding hydrogens is 390 g/mol. The Balaban J connectivity index is 2.40. The standard InChI is InChI=1S/C25H49N3O3/c1-20(2)31-19-11-18-27-25(30)23(12-9-7-5-4-6-8-10-17-26)28-24(29)22-15-13-21(3)14-16-22/h20-23H,4-19,26H2,1-3H3,(H,27,30)(H,28,29). The molecular formula is C25H49N3O3. The highest BCUT2D eigenvalue weighted by atomic mass is 16.5. The highest BCUT2D eigenvalue weighted by Gasteiger charge is 2.28. The Kier molecular flexibility index (Phi) is 15.7. The van der Waals surface area contributed by atoms with Gasteiger partial charge in [0.25, 0.3) is 0 Å². The predicted octanol–water partition coefficient (Wildman–Crippen LogP) is 4.31. The average Bonchev–Trinajstić information content (AvgIpc) is 2.74. The van der Waals surface area contributed by atoms with Crippen LogP contribution >= 0.6 is 0 Å². The minimum Gasteiger partial charge on any atom is -0.379 e. The molecule has 0 aliphatic heterocycles. The number of ether oxygens (including phenoxy) is 1. The summed E-state index contributed by atoms with van der Waals surface area (Å²) in [6, 6.07) is -0.421. The Morgan fingerprint density at radius 3 is 2.16 bits per heavy atom. The second-order valence-corrected chi connectivity index (χ2v) is 9.63. The SMILES string of the molecule is CC1CCC(C(=O)NC(CCCCCCCCCN)C(=O)NCCCOC(C)C)CC1. The number of nitrogens with one attached hydrogen (secondary N) is 2. The molecule has 0 aromatic carbocycles. The van der Waals surface area contributed by atoms with Crippen molar-refractivity contribution in [2.75, 3.05) is 19.7 Å². The maximum absolute atomic E-state index is 12.8. The number of unbranched alkanes of at least 4 members (excludes halogenated alkanes) is 6. The number of rotatable bonds is 17. The van der Waals surface area contributed by atoms with Crippen molar-refractivity contribution >= 4 is 11.8 Å². The van der Waals surface area contributed by atoms with E-state index in [-0.39, 0.29) is 23.8 Å². The molecule has 0 spiro atoms. The van der Waals surface area contributed by atoms with Crippen molar-refractivity contribution in [2.24, 2.45) is 17.6 Å². The molecule has 4 N–H and O–H groups in total. The molecule has 0 aromatic heterocycles. The van der Waals surface area contributed by atoms with E-state index in [1.54, 1.807) is 0 Å². The van der Waals surface area contributed by atoms with Gasteiger partial charge in [-0.3, -0.25) is 9.59 Å². The van der Waals surface area contributed by atoms with Gasteiger partial charge in [-0.05, 0) is 71.3 Å². The Morgan fingerprint density at radius 2 is 1.55 bits per heavy atom. The predicted molar refractivity (Wildman–Crippen MR) is 128 cm³/mol. The van der Waals surface area contributed by atoms with E-state index in [4.69, 9.17) is 10.5 Å². The van der Waals surface area contributed by atoms with Gasteiger partial charge in [-0.2, -0.15) is 0 Å². The van der Waals surface area contributed by atoms with Crippen LogP contribution in [0.1, 0.15) is 104 Å². The summed E-state index contributed by atoms with van der Waals surface area (Å²) >= 11 is 0. The summed E-state index contributed by atoms with van der Waals surface area (Å²) in [4.78, 5) is 25.6. The van der Waals surface area contributed by atoms with E-state index in [0.29, 0.717) is 25.5 Å². The van der Waals surface area contributed by atoms with E-state index in [1.807, 2.05) is 13.8 Å². The van der Waals surface area contributed by atoms with Crippen LogP contribution in [0.5, 0.6) is 0 Å². The summed E-state index contributed by atoms with van der Waals surface area (Å²) in [7, 11) is 0. The summed E-state index contributed by atoms with van der Waals surface area (Å²) in [5, 5.41) is 6.08. The Hall–Kier alpha value is -1.14. The van der Waals surface area contributed by atoms with Crippen LogP contribution in [-0.2, 0) is 14.3 Å². The van der Waals surface area contributed by atoms with Crippen LogP contribution in [0.2, 0.25) is 0 Å². The van der Waals surface area contributed by atoms with Gasteiger partial charge in [0, 0.05) is 19.1 Å². The molecule has 1 atom stereocenters. The first-order valence-corrected chi connectivity index (χ1v) is 12.8. The molecule has 1 rings (SSSR count). The van der Waals surface area contributed by atoms with Gasteiger partial charge in [0.05, 0.1) is 6.10 Å². The second kappa shape index (κ2) is 17.4. The maximum atomic E-state index is 12.8. The van der Waals surface area contributed by atoms with Gasteiger partial charge in [0.1, 0.15) is 6.04 Å². The molecule has 0 saturated heterocycles. The molecule has 2 amide bonds. The Morgan fingerprint density at radius 1 is 0.935 bits per heavy atom. The van der Waals surface area contributed by atoms with Gasteiger partial charge in [-0.25, -0.2) is 0 Å². The molecule has 6 heteroatoms. The van der Waals surface area contributed by atoms with Crippen molar-refractivity contribution in [3.8, 4) is 0 Å². The molecule has 0 radical (unpaired) electrons. The van der Waals surface area contributed by atoms with E-state index in [1.165, 1.54) is 25.7 Å². The second-order valence-electron chi connectivity index (χ2n) is 9.63. The topological polar surface area (TPSA) is 93.5 Å². The van der Waals surface area contributed by atoms with Gasteiger partial charge in [-0.15, -0.1) is 0 Å². The van der Waals surface area contributed by atoms with Crippen molar-refractivity contribution in [1.29, 1.82) is 0 Å². The number of carbonyl (C=O) groups excluding carboxylic acids is 2. The molecule has 1 fully saturated rings. The normalized spacial score (nSPS) is 19.9. The Labute approximate surface area is 190 Å². The number of hydrogen-bond acceptors (Lipinski definition) is 4. The lowest BCUT2D eigenvalue weighted by Gasteiger charge is -2.27. The van der Waals surface area contributed by atoms with Crippen molar-refractivity contribution in [2.45, 2.75) is 116 Å². The minimum atomic E-state index is -0.421. The fourth-order valence-corrected chi connectivity index (χ4v) is 4.18. The lowest BCUT2D eigenvalue weighted by Crippen LogP contribution is -2.49. The molecule has 1 unspecified atom stereocenters. The highest BCUT2D eigenvalue weighted by molar-refractivity contribution is 5.88. The van der Waals surface area contributed by atoms with Crippen LogP contribution in [0.25, 0.3) is 0 Å². The van der Waals surface area contributed by atoms with Crippen molar-refractivity contribution in [1.82, 2.24) is 10.6 Å². The highest BCUT2D eigenvalue weighted by Crippen LogP contribution is 2.28. The van der Waals surface area contributed by atoms with Gasteiger partial charge in [0.15, 0.2) is 0 Å². The number of nitrogens with two attached hydrogens (primary N) is 1. The number of hydrogen-bond donors (Lipinski definition) is 3. The van der Waals surface area contributed by atoms with Crippen LogP contribution in [0.15, 0.2) is 0 Å². The first-order chi connectivity index (χ1) is 14.9. The van der Waals surface area contributed by atoms with E-state index in [2.05, 4.69) is 17.6 Å². The Bertz CT molecular complexity index is 477. The zero-order valence-corrected chi connectivity index (χ0v) is 20.4. The lowest BCUT2D eigenvalue weighted by molar-refractivity contribution is -0.132. The number of carbonyl (C=O) groups is 2. The van der Waals surface area contributed by atoms with Crippen LogP contribution in [-0.4, -0.2) is 43.7 Å². The maximum Gasteiger partial charge on any atom is 0.242 e. The molecule has 31 heavy (non-hydrogen) atoms. The first kappa shape index (κ1) is 27.9. The largest absolute Gasteiger partial charge is 0.379 e. The van der Waals surface area contributed by atoms with E-state index in [9.17, 15) is 9.59 Å². The quantitative estimate of drug-likeness (QED) is 0.294. The van der Waals surface area contributed by atoms with Crippen LogP contribution in [0.4, 0.5) is 0 Å². The summed E-state index contributed by atoms with van der Waals surface area (Å²) in [6.45, 7) is 8.27. The van der Waals surface area contributed by atoms with Crippen LogP contribution in [0, 0.1) is 11.8 Å². The summed E-state index contributed by atoms with van der Waals surface area (Å²) in [5.41, 5.74) is 5.54. The molecule has 182 valence electrons. The smallest absolute Gasteiger partial charge is 0.242 e. The van der Waals surface area contributed by atoms with Gasteiger partial charge in [0.2, 0.25) is 11.8 Å². The molecule has 1 saturated carbocycles. The zero-order valence-electron chi connectivity index (χ0n) is 20.4. The van der Waals surface area contributed by atoms with E-state index < -0.39 is 6.04 Å². The van der Waals surface area contributed by atoms with Crippen LogP contribution in [0.3, 0.4) is 0 Å². The zero-order chi connectivity index (χ0) is 22.9. The van der Waals surface area contributed by atoms with Crippen molar-refractivity contribution < 1.29 is 14.3 Å². The molecule has 0 aromatic rings. The van der Waals surface area contributed by atoms with Crippen LogP contribution < -0.4 is 16.4 Å². The lowest BCUT2D eigenvalue weighted by atomic mass is 9.82.